The highest BCUT2D eigenvalue weighted by molar-refractivity contribution is 8.17. The van der Waals surface area contributed by atoms with Crippen LogP contribution < -0.4 is 4.74 Å². The van der Waals surface area contributed by atoms with Gasteiger partial charge in [-0.25, -0.2) is 0 Å². The first kappa shape index (κ1) is 14.4. The number of thioether (sulfide) groups is 2. The van der Waals surface area contributed by atoms with E-state index < -0.39 is 10.9 Å². The smallest absolute Gasteiger partial charge is 0.249 e. The molecular formula is C15H16N2O3S2. The largest absolute Gasteiger partial charge is 0.497 e. The van der Waals surface area contributed by atoms with Crippen LogP contribution in [0, 0.1) is 0 Å². The van der Waals surface area contributed by atoms with E-state index in [1.165, 1.54) is 11.8 Å². The van der Waals surface area contributed by atoms with Crippen LogP contribution in [0.3, 0.4) is 0 Å². The number of hydrogen-bond donors (Lipinski definition) is 1. The molecule has 2 saturated heterocycles. The highest BCUT2D eigenvalue weighted by Gasteiger charge is 2.64. The van der Waals surface area contributed by atoms with Gasteiger partial charge in [0.15, 0.2) is 5.17 Å². The Labute approximate surface area is 137 Å². The molecule has 3 aliphatic rings. The van der Waals surface area contributed by atoms with Crippen LogP contribution in [0.4, 0.5) is 0 Å². The predicted molar refractivity (Wildman–Crippen MR) is 88.5 cm³/mol. The number of aliphatic hydroxyl groups excluding tert-OH is 1. The average Bonchev–Trinajstić information content (AvgIpc) is 3.19. The summed E-state index contributed by atoms with van der Waals surface area (Å²) in [4.78, 5) is 19.1. The zero-order chi connectivity index (χ0) is 15.3. The molecular weight excluding hydrogens is 320 g/mol. The molecule has 0 aromatic heterocycles. The van der Waals surface area contributed by atoms with E-state index in [9.17, 15) is 9.90 Å². The quantitative estimate of drug-likeness (QED) is 0.887. The van der Waals surface area contributed by atoms with E-state index in [1.807, 2.05) is 24.3 Å². The van der Waals surface area contributed by atoms with Gasteiger partial charge in [0, 0.05) is 12.3 Å². The molecule has 2 fully saturated rings. The number of ether oxygens (including phenoxy) is 1. The van der Waals surface area contributed by atoms with Crippen molar-refractivity contribution in [3.05, 3.63) is 29.8 Å². The van der Waals surface area contributed by atoms with Crippen LogP contribution in [-0.4, -0.2) is 57.9 Å². The first-order valence-corrected chi connectivity index (χ1v) is 9.02. The minimum atomic E-state index is -0.835. The lowest BCUT2D eigenvalue weighted by molar-refractivity contribution is -0.131. The highest BCUT2D eigenvalue weighted by atomic mass is 32.2. The fourth-order valence-electron chi connectivity index (χ4n) is 3.22. The van der Waals surface area contributed by atoms with Gasteiger partial charge in [0.05, 0.1) is 25.0 Å². The number of benzene rings is 1. The van der Waals surface area contributed by atoms with Gasteiger partial charge in [0.1, 0.15) is 10.5 Å². The standard InChI is InChI=1S/C15H16N2O3S2/c1-20-10-4-2-9(3-5-10)12-15(11(18)8-21-12)13(19)17-7-6-16-14(17)22-15/h2-5,11-12,18H,6-8H2,1H3. The summed E-state index contributed by atoms with van der Waals surface area (Å²) in [5, 5.41) is 11.3. The molecule has 7 heteroatoms. The number of amides is 1. The molecule has 4 rings (SSSR count). The second-order valence-corrected chi connectivity index (χ2v) is 7.90. The van der Waals surface area contributed by atoms with Gasteiger partial charge in [-0.2, -0.15) is 0 Å². The molecule has 0 aliphatic carbocycles. The Bertz CT molecular complexity index is 649. The fraction of sp³-hybridized carbons (Fsp3) is 0.467. The number of aliphatic imine (C=N–C) groups is 1. The number of nitrogens with zero attached hydrogens (tertiary/aromatic N) is 2. The van der Waals surface area contributed by atoms with Crippen LogP contribution in [-0.2, 0) is 4.79 Å². The highest BCUT2D eigenvalue weighted by Crippen LogP contribution is 2.59. The first-order valence-electron chi connectivity index (χ1n) is 7.16. The maximum absolute atomic E-state index is 13.0. The molecule has 1 spiro atoms. The number of methoxy groups -OCH3 is 1. The molecule has 1 aromatic rings. The summed E-state index contributed by atoms with van der Waals surface area (Å²) in [6.45, 7) is 1.30. The van der Waals surface area contributed by atoms with Crippen LogP contribution in [0.15, 0.2) is 29.3 Å². The van der Waals surface area contributed by atoms with Crippen molar-refractivity contribution in [3.63, 3.8) is 0 Å². The predicted octanol–water partition coefficient (Wildman–Crippen LogP) is 1.53. The molecule has 5 nitrogen and oxygen atoms in total. The van der Waals surface area contributed by atoms with Crippen molar-refractivity contribution in [1.29, 1.82) is 0 Å². The van der Waals surface area contributed by atoms with E-state index in [1.54, 1.807) is 23.8 Å². The van der Waals surface area contributed by atoms with Crippen molar-refractivity contribution in [2.45, 2.75) is 16.1 Å². The zero-order valence-electron chi connectivity index (χ0n) is 12.1. The molecule has 3 atom stereocenters. The van der Waals surface area contributed by atoms with E-state index in [-0.39, 0.29) is 11.2 Å². The summed E-state index contributed by atoms with van der Waals surface area (Å²) in [6.07, 6.45) is -0.657. The van der Waals surface area contributed by atoms with Crippen molar-refractivity contribution in [2.24, 2.45) is 4.99 Å². The van der Waals surface area contributed by atoms with Gasteiger partial charge in [0.25, 0.3) is 0 Å². The summed E-state index contributed by atoms with van der Waals surface area (Å²) in [7, 11) is 1.63. The normalized spacial score (nSPS) is 33.5. The molecule has 1 amide bonds. The molecule has 1 aromatic carbocycles. The van der Waals surface area contributed by atoms with Gasteiger partial charge < -0.3 is 9.84 Å². The maximum atomic E-state index is 13.0. The van der Waals surface area contributed by atoms with E-state index in [2.05, 4.69) is 4.99 Å². The maximum Gasteiger partial charge on any atom is 0.249 e. The number of hydrogen-bond acceptors (Lipinski definition) is 6. The monoisotopic (exact) mass is 336 g/mol. The molecule has 116 valence electrons. The number of aliphatic hydroxyl groups is 1. The van der Waals surface area contributed by atoms with Gasteiger partial charge in [-0.3, -0.25) is 14.7 Å². The van der Waals surface area contributed by atoms with E-state index in [4.69, 9.17) is 4.74 Å². The van der Waals surface area contributed by atoms with Gasteiger partial charge in [0.2, 0.25) is 5.91 Å². The van der Waals surface area contributed by atoms with Crippen molar-refractivity contribution in [2.75, 3.05) is 26.0 Å². The minimum absolute atomic E-state index is 0.00654. The third-order valence-corrected chi connectivity index (χ3v) is 7.55. The lowest BCUT2D eigenvalue weighted by Gasteiger charge is -2.30. The number of fused-ring (bicyclic) bond motifs is 1. The van der Waals surface area contributed by atoms with Gasteiger partial charge >= 0.3 is 0 Å². The second-order valence-electron chi connectivity index (χ2n) is 5.52. The molecule has 3 aliphatic heterocycles. The van der Waals surface area contributed by atoms with Crippen LogP contribution >= 0.6 is 23.5 Å². The van der Waals surface area contributed by atoms with Crippen molar-refractivity contribution < 1.29 is 14.6 Å². The summed E-state index contributed by atoms with van der Waals surface area (Å²) >= 11 is 3.09. The van der Waals surface area contributed by atoms with Gasteiger partial charge in [-0.1, -0.05) is 23.9 Å². The lowest BCUT2D eigenvalue weighted by Crippen LogP contribution is -2.48. The molecule has 0 radical (unpaired) electrons. The van der Waals surface area contributed by atoms with Crippen molar-refractivity contribution in [3.8, 4) is 5.75 Å². The second kappa shape index (κ2) is 5.18. The topological polar surface area (TPSA) is 62.1 Å². The van der Waals surface area contributed by atoms with Crippen molar-refractivity contribution in [1.82, 2.24) is 4.90 Å². The summed E-state index contributed by atoms with van der Waals surface area (Å²) in [5.41, 5.74) is 1.05. The first-order chi connectivity index (χ1) is 10.7. The van der Waals surface area contributed by atoms with Crippen LogP contribution in [0.5, 0.6) is 5.75 Å². The fourth-order valence-corrected chi connectivity index (χ4v) is 6.57. The summed E-state index contributed by atoms with van der Waals surface area (Å²) < 4.78 is 4.36. The summed E-state index contributed by atoms with van der Waals surface area (Å²) in [5.74, 6) is 1.36. The summed E-state index contributed by atoms with van der Waals surface area (Å²) in [6, 6.07) is 7.76. The average molecular weight is 336 g/mol. The van der Waals surface area contributed by atoms with E-state index in [0.717, 1.165) is 16.5 Å². The number of carbonyl (C=O) groups is 1. The lowest BCUT2D eigenvalue weighted by atomic mass is 9.92. The molecule has 22 heavy (non-hydrogen) atoms. The third-order valence-electron chi connectivity index (χ3n) is 4.37. The molecule has 0 bridgehead atoms. The Morgan fingerprint density at radius 1 is 1.41 bits per heavy atom. The zero-order valence-corrected chi connectivity index (χ0v) is 13.7. The van der Waals surface area contributed by atoms with E-state index >= 15 is 0 Å². The molecule has 3 unspecified atom stereocenters. The Morgan fingerprint density at radius 2 is 2.18 bits per heavy atom. The number of rotatable bonds is 2. The van der Waals surface area contributed by atoms with Crippen LogP contribution in [0.25, 0.3) is 0 Å². The Hall–Kier alpha value is -1.18. The molecule has 3 heterocycles. The van der Waals surface area contributed by atoms with Crippen LogP contribution in [0.2, 0.25) is 0 Å². The van der Waals surface area contributed by atoms with Crippen molar-refractivity contribution >= 4 is 34.6 Å². The number of amidine groups is 1. The molecule has 0 saturated carbocycles. The van der Waals surface area contributed by atoms with Gasteiger partial charge in [-0.15, -0.1) is 11.8 Å². The number of carbonyl (C=O) groups excluding carboxylic acids is 1. The van der Waals surface area contributed by atoms with Crippen LogP contribution in [0.1, 0.15) is 10.8 Å². The molecule has 1 N–H and O–H groups in total. The Kier molecular flexibility index (Phi) is 3.39. The third kappa shape index (κ3) is 1.85. The SMILES string of the molecule is COc1ccc(C2SCC(O)C23SC2=NCCN2C3=O)cc1. The van der Waals surface area contributed by atoms with E-state index in [0.29, 0.717) is 18.8 Å². The Morgan fingerprint density at radius 3 is 2.86 bits per heavy atom. The minimum Gasteiger partial charge on any atom is -0.497 e. The Balaban J connectivity index is 1.74. The van der Waals surface area contributed by atoms with Gasteiger partial charge in [-0.05, 0) is 17.7 Å².